The van der Waals surface area contributed by atoms with Crippen LogP contribution in [-0.4, -0.2) is 37.2 Å². The molecule has 0 heterocycles. The summed E-state index contributed by atoms with van der Waals surface area (Å²) in [6.45, 7) is 6.50. The summed E-state index contributed by atoms with van der Waals surface area (Å²) < 4.78 is 16.5. The molecule has 0 saturated heterocycles. The molecule has 0 saturated carbocycles. The third kappa shape index (κ3) is 33.6. The number of hydrogen-bond acceptors (Lipinski definition) is 6. The van der Waals surface area contributed by atoms with Gasteiger partial charge in [-0.05, 0) is 19.3 Å². The van der Waals surface area contributed by atoms with Crippen molar-refractivity contribution in [1.82, 2.24) is 0 Å². The molecule has 0 amide bonds. The zero-order valence-corrected chi connectivity index (χ0v) is 30.2. The van der Waals surface area contributed by atoms with Crippen molar-refractivity contribution in [2.45, 2.75) is 219 Å². The Kier molecular flexibility index (Phi) is 34.0. The summed E-state index contributed by atoms with van der Waals surface area (Å²) >= 11 is 0. The maximum absolute atomic E-state index is 12.5. The number of hydrogen-bond donors (Lipinski definition) is 0. The van der Waals surface area contributed by atoms with Crippen LogP contribution in [0.25, 0.3) is 0 Å². The van der Waals surface area contributed by atoms with Crippen molar-refractivity contribution in [2.75, 3.05) is 13.2 Å². The standard InChI is InChI=1S/C39H74O6/c1-4-7-10-13-15-16-17-18-19-20-21-22-24-26-29-32-38(41)44-35-36(34-43-37(40)31-28-25-12-9-6-3)45-39(42)33-30-27-23-14-11-8-5-2/h36H,4-35H2,1-3H3/t36-/m1/s1. The largest absolute Gasteiger partial charge is 0.462 e. The van der Waals surface area contributed by atoms with E-state index < -0.39 is 6.10 Å². The molecule has 0 aromatic heterocycles. The van der Waals surface area contributed by atoms with Gasteiger partial charge in [0.25, 0.3) is 0 Å². The van der Waals surface area contributed by atoms with Crippen LogP contribution in [0.2, 0.25) is 0 Å². The van der Waals surface area contributed by atoms with Gasteiger partial charge in [0.05, 0.1) is 0 Å². The predicted octanol–water partition coefficient (Wildman–Crippen LogP) is 11.7. The molecular weight excluding hydrogens is 564 g/mol. The van der Waals surface area contributed by atoms with Gasteiger partial charge in [-0.2, -0.15) is 0 Å². The molecule has 0 unspecified atom stereocenters. The lowest BCUT2D eigenvalue weighted by Gasteiger charge is -2.18. The lowest BCUT2D eigenvalue weighted by Crippen LogP contribution is -2.30. The van der Waals surface area contributed by atoms with Crippen molar-refractivity contribution < 1.29 is 28.6 Å². The Morgan fingerprint density at radius 2 is 0.600 bits per heavy atom. The van der Waals surface area contributed by atoms with Crippen LogP contribution >= 0.6 is 0 Å². The lowest BCUT2D eigenvalue weighted by molar-refractivity contribution is -0.167. The van der Waals surface area contributed by atoms with E-state index in [4.69, 9.17) is 14.2 Å². The average molecular weight is 639 g/mol. The molecule has 0 aromatic rings. The molecule has 0 rings (SSSR count). The highest BCUT2D eigenvalue weighted by molar-refractivity contribution is 5.71. The summed E-state index contributed by atoms with van der Waals surface area (Å²) in [4.78, 5) is 37.1. The van der Waals surface area contributed by atoms with Crippen molar-refractivity contribution in [3.8, 4) is 0 Å². The van der Waals surface area contributed by atoms with Crippen molar-refractivity contribution in [2.24, 2.45) is 0 Å². The average Bonchev–Trinajstić information content (AvgIpc) is 3.03. The molecule has 0 aromatic carbocycles. The summed E-state index contributed by atoms with van der Waals surface area (Å²) in [6, 6.07) is 0. The summed E-state index contributed by atoms with van der Waals surface area (Å²) in [6.07, 6.45) is 32.7. The van der Waals surface area contributed by atoms with E-state index in [2.05, 4.69) is 20.8 Å². The van der Waals surface area contributed by atoms with Crippen LogP contribution in [0.5, 0.6) is 0 Å². The van der Waals surface area contributed by atoms with Gasteiger partial charge in [0, 0.05) is 19.3 Å². The Labute approximate surface area is 278 Å². The van der Waals surface area contributed by atoms with Gasteiger partial charge in [0.15, 0.2) is 6.10 Å². The Bertz CT molecular complexity index is 664. The monoisotopic (exact) mass is 639 g/mol. The van der Waals surface area contributed by atoms with Gasteiger partial charge in [-0.3, -0.25) is 14.4 Å². The normalized spacial score (nSPS) is 11.8. The van der Waals surface area contributed by atoms with Crippen LogP contribution in [0.1, 0.15) is 213 Å². The van der Waals surface area contributed by atoms with E-state index in [0.29, 0.717) is 19.3 Å². The molecule has 0 aliphatic rings. The minimum absolute atomic E-state index is 0.0654. The van der Waals surface area contributed by atoms with Crippen molar-refractivity contribution in [1.29, 1.82) is 0 Å². The van der Waals surface area contributed by atoms with Crippen molar-refractivity contribution in [3.63, 3.8) is 0 Å². The summed E-state index contributed by atoms with van der Waals surface area (Å²) in [7, 11) is 0. The van der Waals surface area contributed by atoms with Crippen LogP contribution in [0.3, 0.4) is 0 Å². The van der Waals surface area contributed by atoms with E-state index in [9.17, 15) is 14.4 Å². The first-order valence-electron chi connectivity index (χ1n) is 19.5. The second-order valence-corrected chi connectivity index (χ2v) is 13.2. The van der Waals surface area contributed by atoms with E-state index in [1.54, 1.807) is 0 Å². The van der Waals surface area contributed by atoms with E-state index in [1.165, 1.54) is 109 Å². The van der Waals surface area contributed by atoms with E-state index in [-0.39, 0.29) is 31.1 Å². The number of carbonyl (C=O) groups excluding carboxylic acids is 3. The van der Waals surface area contributed by atoms with Gasteiger partial charge >= 0.3 is 17.9 Å². The molecule has 6 nitrogen and oxygen atoms in total. The Morgan fingerprint density at radius 3 is 0.889 bits per heavy atom. The predicted molar refractivity (Wildman–Crippen MR) is 187 cm³/mol. The smallest absolute Gasteiger partial charge is 0.306 e. The Hall–Kier alpha value is -1.59. The highest BCUT2D eigenvalue weighted by Gasteiger charge is 2.19. The second-order valence-electron chi connectivity index (χ2n) is 13.2. The molecular formula is C39H74O6. The molecule has 45 heavy (non-hydrogen) atoms. The Morgan fingerprint density at radius 1 is 0.356 bits per heavy atom. The van der Waals surface area contributed by atoms with Crippen LogP contribution in [0.15, 0.2) is 0 Å². The molecule has 0 aliphatic heterocycles. The number of rotatable bonds is 35. The van der Waals surface area contributed by atoms with E-state index >= 15 is 0 Å². The topological polar surface area (TPSA) is 78.9 Å². The lowest BCUT2D eigenvalue weighted by atomic mass is 10.0. The fourth-order valence-corrected chi connectivity index (χ4v) is 5.62. The minimum atomic E-state index is -0.754. The first-order valence-corrected chi connectivity index (χ1v) is 19.5. The van der Waals surface area contributed by atoms with Gasteiger partial charge in [0.1, 0.15) is 13.2 Å². The summed E-state index contributed by atoms with van der Waals surface area (Å²) in [5.74, 6) is -0.883. The summed E-state index contributed by atoms with van der Waals surface area (Å²) in [5.41, 5.74) is 0. The SMILES string of the molecule is CCCCCCCCCCCCCCCCCC(=O)OC[C@@H](COC(=O)CCCCCCC)OC(=O)CCCCCCCCC. The molecule has 0 aliphatic carbocycles. The number of ether oxygens (including phenoxy) is 3. The third-order valence-electron chi connectivity index (χ3n) is 8.61. The molecule has 0 N–H and O–H groups in total. The van der Waals surface area contributed by atoms with Crippen LogP contribution in [-0.2, 0) is 28.6 Å². The Balaban J connectivity index is 4.15. The fourth-order valence-electron chi connectivity index (χ4n) is 5.62. The number of esters is 3. The molecule has 0 spiro atoms. The quantitative estimate of drug-likeness (QED) is 0.0390. The number of carbonyl (C=O) groups is 3. The van der Waals surface area contributed by atoms with Crippen LogP contribution in [0.4, 0.5) is 0 Å². The fraction of sp³-hybridized carbons (Fsp3) is 0.923. The minimum Gasteiger partial charge on any atom is -0.462 e. The highest BCUT2D eigenvalue weighted by Crippen LogP contribution is 2.15. The third-order valence-corrected chi connectivity index (χ3v) is 8.61. The van der Waals surface area contributed by atoms with Gasteiger partial charge in [0.2, 0.25) is 0 Å². The first-order chi connectivity index (χ1) is 22.0. The highest BCUT2D eigenvalue weighted by atomic mass is 16.6. The molecule has 6 heteroatoms. The number of unbranched alkanes of at least 4 members (excludes halogenated alkanes) is 24. The molecule has 0 bridgehead atoms. The van der Waals surface area contributed by atoms with Crippen molar-refractivity contribution >= 4 is 17.9 Å². The van der Waals surface area contributed by atoms with Crippen molar-refractivity contribution in [3.05, 3.63) is 0 Å². The zero-order chi connectivity index (χ0) is 33.1. The van der Waals surface area contributed by atoms with E-state index in [1.807, 2.05) is 0 Å². The molecule has 1 atom stereocenters. The van der Waals surface area contributed by atoms with Crippen LogP contribution in [0, 0.1) is 0 Å². The zero-order valence-electron chi connectivity index (χ0n) is 30.2. The second kappa shape index (κ2) is 35.3. The molecule has 0 fully saturated rings. The summed E-state index contributed by atoms with van der Waals surface area (Å²) in [5, 5.41) is 0. The molecule has 0 radical (unpaired) electrons. The van der Waals surface area contributed by atoms with E-state index in [0.717, 1.165) is 64.2 Å². The van der Waals surface area contributed by atoms with Gasteiger partial charge in [-0.25, -0.2) is 0 Å². The molecule has 266 valence electrons. The van der Waals surface area contributed by atoms with Gasteiger partial charge in [-0.15, -0.1) is 0 Å². The maximum Gasteiger partial charge on any atom is 0.306 e. The van der Waals surface area contributed by atoms with Crippen LogP contribution < -0.4 is 0 Å². The maximum atomic E-state index is 12.5. The first kappa shape index (κ1) is 43.4. The van der Waals surface area contributed by atoms with Gasteiger partial charge in [-0.1, -0.05) is 175 Å². The van der Waals surface area contributed by atoms with Gasteiger partial charge < -0.3 is 14.2 Å².